The third-order valence-electron chi connectivity index (χ3n) is 2.03. The van der Waals surface area contributed by atoms with Crippen LogP contribution in [-0.4, -0.2) is 16.9 Å². The summed E-state index contributed by atoms with van der Waals surface area (Å²) in [4.78, 5) is 0. The highest BCUT2D eigenvalue weighted by atomic mass is 35.5. The smallest absolute Gasteiger partial charge is 0.143 e. The van der Waals surface area contributed by atoms with E-state index in [4.69, 9.17) is 22.1 Å². The van der Waals surface area contributed by atoms with Crippen LogP contribution < -0.4 is 10.5 Å². The Balaban J connectivity index is 2.45. The van der Waals surface area contributed by atoms with Crippen LogP contribution in [0.3, 0.4) is 0 Å². The Morgan fingerprint density at radius 1 is 1.47 bits per heavy atom. The van der Waals surface area contributed by atoms with E-state index in [1.165, 1.54) is 0 Å². The lowest BCUT2D eigenvalue weighted by Gasteiger charge is -2.07. The number of anilines is 1. The Bertz CT molecular complexity index is 481. The molecule has 0 spiro atoms. The SMILES string of the molecule is COc1cc(-n2cc(Cl)cn2)ccc1N. The Morgan fingerprint density at radius 3 is 2.87 bits per heavy atom. The van der Waals surface area contributed by atoms with Gasteiger partial charge in [0.2, 0.25) is 0 Å². The van der Waals surface area contributed by atoms with Crippen molar-refractivity contribution in [2.75, 3.05) is 12.8 Å². The predicted octanol–water partition coefficient (Wildman–Crippen LogP) is 2.12. The molecule has 1 aromatic carbocycles. The molecule has 5 heteroatoms. The summed E-state index contributed by atoms with van der Waals surface area (Å²) in [5.41, 5.74) is 7.15. The second-order valence-electron chi connectivity index (χ2n) is 3.03. The second kappa shape index (κ2) is 3.82. The minimum Gasteiger partial charge on any atom is -0.495 e. The molecular weight excluding hydrogens is 214 g/mol. The van der Waals surface area contributed by atoms with Gasteiger partial charge in [-0.15, -0.1) is 0 Å². The van der Waals surface area contributed by atoms with Crippen LogP contribution >= 0.6 is 11.6 Å². The van der Waals surface area contributed by atoms with Crippen molar-refractivity contribution in [3.8, 4) is 11.4 Å². The molecule has 0 aliphatic carbocycles. The van der Waals surface area contributed by atoms with Crippen LogP contribution in [0.25, 0.3) is 5.69 Å². The zero-order valence-electron chi connectivity index (χ0n) is 8.14. The molecule has 2 aromatic rings. The molecule has 0 fully saturated rings. The van der Waals surface area contributed by atoms with E-state index in [9.17, 15) is 0 Å². The summed E-state index contributed by atoms with van der Waals surface area (Å²) in [7, 11) is 1.57. The van der Waals surface area contributed by atoms with Gasteiger partial charge in [0.1, 0.15) is 5.75 Å². The summed E-state index contributed by atoms with van der Waals surface area (Å²) in [5.74, 6) is 0.624. The molecule has 0 saturated carbocycles. The molecule has 0 radical (unpaired) electrons. The third-order valence-corrected chi connectivity index (χ3v) is 2.23. The van der Waals surface area contributed by atoms with E-state index in [2.05, 4.69) is 5.10 Å². The average molecular weight is 224 g/mol. The minimum absolute atomic E-state index is 0.589. The van der Waals surface area contributed by atoms with Crippen LogP contribution in [0.15, 0.2) is 30.6 Å². The number of hydrogen-bond acceptors (Lipinski definition) is 3. The van der Waals surface area contributed by atoms with Gasteiger partial charge >= 0.3 is 0 Å². The van der Waals surface area contributed by atoms with E-state index in [1.807, 2.05) is 6.07 Å². The summed E-state index contributed by atoms with van der Waals surface area (Å²) in [6.45, 7) is 0. The lowest BCUT2D eigenvalue weighted by Crippen LogP contribution is -1.97. The zero-order valence-corrected chi connectivity index (χ0v) is 8.90. The van der Waals surface area contributed by atoms with Gasteiger partial charge in [-0.05, 0) is 12.1 Å². The maximum atomic E-state index is 5.78. The van der Waals surface area contributed by atoms with Crippen LogP contribution in [0, 0.1) is 0 Å². The van der Waals surface area contributed by atoms with Crippen molar-refractivity contribution in [3.05, 3.63) is 35.6 Å². The lowest BCUT2D eigenvalue weighted by atomic mass is 10.2. The van der Waals surface area contributed by atoms with Gasteiger partial charge in [0.15, 0.2) is 0 Å². The monoisotopic (exact) mass is 223 g/mol. The quantitative estimate of drug-likeness (QED) is 0.794. The Hall–Kier alpha value is -1.68. The van der Waals surface area contributed by atoms with E-state index in [1.54, 1.807) is 36.3 Å². The van der Waals surface area contributed by atoms with Crippen molar-refractivity contribution in [1.29, 1.82) is 0 Å². The number of benzene rings is 1. The normalized spacial score (nSPS) is 10.3. The van der Waals surface area contributed by atoms with E-state index >= 15 is 0 Å². The molecule has 4 nitrogen and oxygen atoms in total. The lowest BCUT2D eigenvalue weighted by molar-refractivity contribution is 0.416. The van der Waals surface area contributed by atoms with Gasteiger partial charge in [0.25, 0.3) is 0 Å². The zero-order chi connectivity index (χ0) is 10.8. The molecule has 2 rings (SSSR count). The standard InChI is InChI=1S/C10H10ClN3O/c1-15-10-4-8(2-3-9(10)12)14-6-7(11)5-13-14/h2-6H,12H2,1H3. The first kappa shape index (κ1) is 9.86. The number of halogens is 1. The molecule has 1 heterocycles. The molecule has 0 unspecified atom stereocenters. The van der Waals surface area contributed by atoms with Crippen molar-refractivity contribution in [2.45, 2.75) is 0 Å². The minimum atomic E-state index is 0.589. The number of aromatic nitrogens is 2. The second-order valence-corrected chi connectivity index (χ2v) is 3.47. The first-order valence-corrected chi connectivity index (χ1v) is 4.72. The molecule has 0 saturated heterocycles. The Kier molecular flexibility index (Phi) is 2.51. The van der Waals surface area contributed by atoms with Crippen molar-refractivity contribution >= 4 is 17.3 Å². The van der Waals surface area contributed by atoms with Crippen LogP contribution in [0.4, 0.5) is 5.69 Å². The molecule has 1 aromatic heterocycles. The number of ether oxygens (including phenoxy) is 1. The van der Waals surface area contributed by atoms with E-state index < -0.39 is 0 Å². The Labute approximate surface area is 92.2 Å². The predicted molar refractivity (Wildman–Crippen MR) is 59.5 cm³/mol. The number of nitrogens with two attached hydrogens (primary N) is 1. The number of rotatable bonds is 2. The van der Waals surface area contributed by atoms with Crippen molar-refractivity contribution in [3.63, 3.8) is 0 Å². The summed E-state index contributed by atoms with van der Waals surface area (Å²) in [5, 5.41) is 4.67. The molecule has 0 amide bonds. The average Bonchev–Trinajstić information content (AvgIpc) is 2.66. The van der Waals surface area contributed by atoms with Gasteiger partial charge in [-0.25, -0.2) is 4.68 Å². The van der Waals surface area contributed by atoms with Gasteiger partial charge in [-0.2, -0.15) is 5.10 Å². The summed E-state index contributed by atoms with van der Waals surface area (Å²) in [6, 6.07) is 5.42. The van der Waals surface area contributed by atoms with Crippen molar-refractivity contribution in [2.24, 2.45) is 0 Å². The molecule has 15 heavy (non-hydrogen) atoms. The van der Waals surface area contributed by atoms with Gasteiger partial charge in [0, 0.05) is 12.3 Å². The van der Waals surface area contributed by atoms with Crippen LogP contribution in [-0.2, 0) is 0 Å². The van der Waals surface area contributed by atoms with E-state index in [0.29, 0.717) is 16.5 Å². The molecule has 2 N–H and O–H groups in total. The molecule has 0 aliphatic heterocycles. The maximum absolute atomic E-state index is 5.78. The van der Waals surface area contributed by atoms with Gasteiger partial charge in [0.05, 0.1) is 29.7 Å². The number of nitrogen functional groups attached to an aromatic ring is 1. The third kappa shape index (κ3) is 1.89. The van der Waals surface area contributed by atoms with Crippen molar-refractivity contribution < 1.29 is 4.74 Å². The highest BCUT2D eigenvalue weighted by molar-refractivity contribution is 6.30. The van der Waals surface area contributed by atoms with Crippen LogP contribution in [0.2, 0.25) is 5.02 Å². The largest absolute Gasteiger partial charge is 0.495 e. The summed E-state index contributed by atoms with van der Waals surface area (Å²) < 4.78 is 6.77. The van der Waals surface area contributed by atoms with E-state index in [-0.39, 0.29) is 0 Å². The molecule has 0 aliphatic rings. The molecule has 78 valence electrons. The van der Waals surface area contributed by atoms with Crippen LogP contribution in [0.1, 0.15) is 0 Å². The Morgan fingerprint density at radius 2 is 2.27 bits per heavy atom. The maximum Gasteiger partial charge on any atom is 0.143 e. The fourth-order valence-corrected chi connectivity index (χ4v) is 1.42. The first-order chi connectivity index (χ1) is 7.20. The first-order valence-electron chi connectivity index (χ1n) is 4.35. The van der Waals surface area contributed by atoms with Crippen LogP contribution in [0.5, 0.6) is 5.75 Å². The fourth-order valence-electron chi connectivity index (χ4n) is 1.28. The molecule has 0 atom stereocenters. The van der Waals surface area contributed by atoms with Gasteiger partial charge in [-0.3, -0.25) is 0 Å². The van der Waals surface area contributed by atoms with Gasteiger partial charge < -0.3 is 10.5 Å². The number of hydrogen-bond donors (Lipinski definition) is 1. The number of methoxy groups -OCH3 is 1. The summed E-state index contributed by atoms with van der Waals surface area (Å²) >= 11 is 5.78. The topological polar surface area (TPSA) is 53.1 Å². The highest BCUT2D eigenvalue weighted by Gasteiger charge is 2.03. The highest BCUT2D eigenvalue weighted by Crippen LogP contribution is 2.24. The van der Waals surface area contributed by atoms with Gasteiger partial charge in [-0.1, -0.05) is 11.6 Å². The fraction of sp³-hybridized carbons (Fsp3) is 0.100. The number of nitrogens with zero attached hydrogens (tertiary/aromatic N) is 2. The van der Waals surface area contributed by atoms with Crippen molar-refractivity contribution in [1.82, 2.24) is 9.78 Å². The molecular formula is C10H10ClN3O. The van der Waals surface area contributed by atoms with E-state index in [0.717, 1.165) is 5.69 Å². The molecule has 0 bridgehead atoms. The summed E-state index contributed by atoms with van der Waals surface area (Å²) in [6.07, 6.45) is 3.29.